The average Bonchev–Trinajstić information content (AvgIpc) is 2.96. The van der Waals surface area contributed by atoms with Gasteiger partial charge >= 0.3 is 0 Å². The number of hydrogen-bond acceptors (Lipinski definition) is 4. The van der Waals surface area contributed by atoms with Crippen molar-refractivity contribution in [3.63, 3.8) is 0 Å². The number of pyridine rings is 1. The molecule has 0 saturated carbocycles. The Morgan fingerprint density at radius 1 is 1.50 bits per heavy atom. The van der Waals surface area contributed by atoms with Gasteiger partial charge in [0.25, 0.3) is 12.3 Å². The molecule has 0 radical (unpaired) electrons. The molecule has 8 heteroatoms. The van der Waals surface area contributed by atoms with E-state index in [1.165, 1.54) is 12.1 Å². The van der Waals surface area contributed by atoms with E-state index in [0.29, 0.717) is 0 Å². The summed E-state index contributed by atoms with van der Waals surface area (Å²) in [7, 11) is 1.88. The van der Waals surface area contributed by atoms with Crippen molar-refractivity contribution in [1.82, 2.24) is 20.1 Å². The number of amides is 1. The number of halogens is 2. The van der Waals surface area contributed by atoms with E-state index in [9.17, 15) is 13.6 Å². The van der Waals surface area contributed by atoms with Crippen molar-refractivity contribution < 1.29 is 18.3 Å². The molecule has 128 valence electrons. The van der Waals surface area contributed by atoms with Crippen LogP contribution in [-0.4, -0.2) is 33.7 Å². The number of carbonyl (C=O) groups is 1. The fourth-order valence-electron chi connectivity index (χ4n) is 2.86. The molecule has 0 bridgehead atoms. The van der Waals surface area contributed by atoms with E-state index in [-0.39, 0.29) is 23.5 Å². The summed E-state index contributed by atoms with van der Waals surface area (Å²) in [6.45, 7) is -0.750. The van der Waals surface area contributed by atoms with Gasteiger partial charge < -0.3 is 10.1 Å². The van der Waals surface area contributed by atoms with Crippen molar-refractivity contribution in [2.45, 2.75) is 31.7 Å². The monoisotopic (exact) mass is 336 g/mol. The molecule has 0 spiro atoms. The minimum Gasteiger partial charge on any atom is -0.472 e. The van der Waals surface area contributed by atoms with Gasteiger partial charge in [-0.1, -0.05) is 6.07 Å². The Morgan fingerprint density at radius 2 is 2.33 bits per heavy atom. The fraction of sp³-hybridized carbons (Fsp3) is 0.438. The molecule has 0 saturated heterocycles. The van der Waals surface area contributed by atoms with E-state index in [4.69, 9.17) is 4.74 Å². The molecule has 0 aliphatic heterocycles. The molecular weight excluding hydrogens is 318 g/mol. The van der Waals surface area contributed by atoms with Gasteiger partial charge in [0.2, 0.25) is 5.88 Å². The first-order valence-electron chi connectivity index (χ1n) is 7.74. The number of rotatable bonds is 5. The lowest BCUT2D eigenvalue weighted by atomic mass is 9.93. The Balaban J connectivity index is 1.70. The third kappa shape index (κ3) is 3.52. The first kappa shape index (κ1) is 16.4. The van der Waals surface area contributed by atoms with Gasteiger partial charge in [-0.05, 0) is 25.3 Å². The molecule has 2 aromatic heterocycles. The zero-order chi connectivity index (χ0) is 17.1. The summed E-state index contributed by atoms with van der Waals surface area (Å²) in [4.78, 5) is 16.4. The Kier molecular flexibility index (Phi) is 4.73. The van der Waals surface area contributed by atoms with Gasteiger partial charge in [-0.2, -0.15) is 5.10 Å². The number of alkyl halides is 2. The van der Waals surface area contributed by atoms with E-state index < -0.39 is 13.0 Å². The molecule has 0 fully saturated rings. The van der Waals surface area contributed by atoms with Gasteiger partial charge in [0.15, 0.2) is 6.61 Å². The highest BCUT2D eigenvalue weighted by Crippen LogP contribution is 2.29. The van der Waals surface area contributed by atoms with Gasteiger partial charge in [0.05, 0.1) is 12.2 Å². The van der Waals surface area contributed by atoms with Crippen molar-refractivity contribution in [2.24, 2.45) is 7.05 Å². The SMILES string of the molecule is Cn1ncc2c1CCCC2NC(=O)c1cccc(OCC(F)F)n1. The van der Waals surface area contributed by atoms with E-state index in [1.54, 1.807) is 12.3 Å². The summed E-state index contributed by atoms with van der Waals surface area (Å²) in [6, 6.07) is 4.40. The lowest BCUT2D eigenvalue weighted by molar-refractivity contribution is 0.0792. The number of carbonyl (C=O) groups excluding carboxylic acids is 1. The van der Waals surface area contributed by atoms with Crippen LogP contribution < -0.4 is 10.1 Å². The molecular formula is C16H18F2N4O2. The number of hydrogen-bond donors (Lipinski definition) is 1. The summed E-state index contributed by atoms with van der Waals surface area (Å²) >= 11 is 0. The molecule has 24 heavy (non-hydrogen) atoms. The maximum Gasteiger partial charge on any atom is 0.272 e. The Hall–Kier alpha value is -2.51. The second-order valence-corrected chi connectivity index (χ2v) is 5.65. The molecule has 1 N–H and O–H groups in total. The predicted molar refractivity (Wildman–Crippen MR) is 82.1 cm³/mol. The van der Waals surface area contributed by atoms with E-state index in [0.717, 1.165) is 30.5 Å². The van der Waals surface area contributed by atoms with Crippen molar-refractivity contribution in [3.8, 4) is 5.88 Å². The van der Waals surface area contributed by atoms with Crippen LogP contribution in [0.2, 0.25) is 0 Å². The summed E-state index contributed by atoms with van der Waals surface area (Å²) in [5, 5.41) is 7.18. The lowest BCUT2D eigenvalue weighted by Crippen LogP contribution is -2.31. The quantitative estimate of drug-likeness (QED) is 0.909. The third-order valence-electron chi connectivity index (χ3n) is 3.99. The Bertz CT molecular complexity index is 733. The summed E-state index contributed by atoms with van der Waals surface area (Å²) in [5.74, 6) is -0.354. The van der Waals surface area contributed by atoms with Crippen LogP contribution in [-0.2, 0) is 13.5 Å². The number of aromatic nitrogens is 3. The van der Waals surface area contributed by atoms with E-state index >= 15 is 0 Å². The normalized spacial score (nSPS) is 16.8. The Labute approximate surface area is 137 Å². The number of ether oxygens (including phenoxy) is 1. The van der Waals surface area contributed by atoms with Crippen LogP contribution in [0.4, 0.5) is 8.78 Å². The molecule has 0 aromatic carbocycles. The smallest absolute Gasteiger partial charge is 0.272 e. The summed E-state index contributed by atoms with van der Waals surface area (Å²) < 4.78 is 31.1. The van der Waals surface area contributed by atoms with E-state index in [2.05, 4.69) is 15.4 Å². The van der Waals surface area contributed by atoms with Crippen molar-refractivity contribution in [2.75, 3.05) is 6.61 Å². The lowest BCUT2D eigenvalue weighted by Gasteiger charge is -2.23. The standard InChI is InChI=1S/C16H18F2N4O2/c1-22-13-6-2-4-11(10(13)8-19-22)21-16(23)12-5-3-7-15(20-12)24-9-14(17)18/h3,5,7-8,11,14H,2,4,6,9H2,1H3,(H,21,23). The van der Waals surface area contributed by atoms with Crippen LogP contribution in [0.3, 0.4) is 0 Å². The number of fused-ring (bicyclic) bond motifs is 1. The van der Waals surface area contributed by atoms with Crippen LogP contribution in [0.5, 0.6) is 5.88 Å². The predicted octanol–water partition coefficient (Wildman–Crippen LogP) is 2.27. The van der Waals surface area contributed by atoms with Gasteiger partial charge in [0.1, 0.15) is 5.69 Å². The second-order valence-electron chi connectivity index (χ2n) is 5.65. The topological polar surface area (TPSA) is 69.0 Å². The van der Waals surface area contributed by atoms with Crippen molar-refractivity contribution in [3.05, 3.63) is 41.3 Å². The summed E-state index contributed by atoms with van der Waals surface area (Å²) in [5.41, 5.74) is 2.27. The minimum atomic E-state index is -2.59. The van der Waals surface area contributed by atoms with Gasteiger partial charge in [0, 0.05) is 24.4 Å². The number of nitrogens with zero attached hydrogens (tertiary/aromatic N) is 3. The van der Waals surface area contributed by atoms with Crippen LogP contribution >= 0.6 is 0 Å². The minimum absolute atomic E-state index is 0.00802. The molecule has 2 aromatic rings. The largest absolute Gasteiger partial charge is 0.472 e. The first-order chi connectivity index (χ1) is 11.5. The van der Waals surface area contributed by atoms with E-state index in [1.807, 2.05) is 11.7 Å². The molecule has 6 nitrogen and oxygen atoms in total. The molecule has 1 atom stereocenters. The molecule has 1 amide bonds. The zero-order valence-electron chi connectivity index (χ0n) is 13.2. The maximum absolute atomic E-state index is 12.4. The van der Waals surface area contributed by atoms with Crippen LogP contribution in [0.25, 0.3) is 0 Å². The van der Waals surface area contributed by atoms with Gasteiger partial charge in [-0.15, -0.1) is 0 Å². The third-order valence-corrected chi connectivity index (χ3v) is 3.99. The fourth-order valence-corrected chi connectivity index (χ4v) is 2.86. The molecule has 1 unspecified atom stereocenters. The van der Waals surface area contributed by atoms with Crippen molar-refractivity contribution >= 4 is 5.91 Å². The average molecular weight is 336 g/mol. The van der Waals surface area contributed by atoms with Gasteiger partial charge in [-0.3, -0.25) is 9.48 Å². The molecule has 1 aliphatic rings. The highest BCUT2D eigenvalue weighted by molar-refractivity contribution is 5.92. The highest BCUT2D eigenvalue weighted by atomic mass is 19.3. The second kappa shape index (κ2) is 6.94. The first-order valence-corrected chi connectivity index (χ1v) is 7.74. The zero-order valence-corrected chi connectivity index (χ0v) is 13.2. The van der Waals surface area contributed by atoms with Crippen LogP contribution in [0, 0.1) is 0 Å². The van der Waals surface area contributed by atoms with Crippen LogP contribution in [0.15, 0.2) is 24.4 Å². The maximum atomic E-state index is 12.4. The molecule has 2 heterocycles. The highest BCUT2D eigenvalue weighted by Gasteiger charge is 2.25. The number of nitrogens with one attached hydrogen (secondary N) is 1. The number of aryl methyl sites for hydroxylation is 1. The molecule has 1 aliphatic carbocycles. The summed E-state index contributed by atoms with van der Waals surface area (Å²) in [6.07, 6.45) is 1.91. The Morgan fingerprint density at radius 3 is 3.12 bits per heavy atom. The molecule has 3 rings (SSSR count). The van der Waals surface area contributed by atoms with Crippen molar-refractivity contribution in [1.29, 1.82) is 0 Å². The van der Waals surface area contributed by atoms with Crippen LogP contribution in [0.1, 0.15) is 40.6 Å². The van der Waals surface area contributed by atoms with Gasteiger partial charge in [-0.25, -0.2) is 13.8 Å².